The van der Waals surface area contributed by atoms with Crippen molar-refractivity contribution >= 4 is 34.5 Å². The molecule has 8 nitrogen and oxygen atoms in total. The molecule has 0 aliphatic carbocycles. The summed E-state index contributed by atoms with van der Waals surface area (Å²) in [6.45, 7) is 8.45. The number of carbonyl (C=O) groups is 1. The van der Waals surface area contributed by atoms with Crippen LogP contribution < -0.4 is 5.32 Å². The maximum atomic E-state index is 12.4. The van der Waals surface area contributed by atoms with Crippen molar-refractivity contribution < 1.29 is 9.53 Å². The van der Waals surface area contributed by atoms with Crippen molar-refractivity contribution in [3.05, 3.63) is 23.6 Å². The Bertz CT molecular complexity index is 841. The summed E-state index contributed by atoms with van der Waals surface area (Å²) in [5.41, 5.74) is 0.910. The first-order valence-corrected chi connectivity index (χ1v) is 9.80. The lowest BCUT2D eigenvalue weighted by molar-refractivity contribution is 0.00713. The van der Waals surface area contributed by atoms with Gasteiger partial charge in [0.15, 0.2) is 5.82 Å². The third kappa shape index (κ3) is 5.20. The zero-order chi connectivity index (χ0) is 20.3. The first-order chi connectivity index (χ1) is 13.2. The van der Waals surface area contributed by atoms with Crippen LogP contribution in [0.3, 0.4) is 0 Å². The predicted molar refractivity (Wildman–Crippen MR) is 110 cm³/mol. The number of nitrogens with zero attached hydrogens (tertiary/aromatic N) is 5. The van der Waals surface area contributed by atoms with Crippen LogP contribution in [0.15, 0.2) is 18.5 Å². The Labute approximate surface area is 170 Å². The number of halogens is 1. The molecule has 0 bridgehead atoms. The number of hydrogen-bond acceptors (Lipinski definition) is 7. The molecule has 1 aliphatic heterocycles. The Morgan fingerprint density at radius 3 is 2.82 bits per heavy atom. The maximum Gasteiger partial charge on any atom is 0.410 e. The lowest BCUT2D eigenvalue weighted by atomic mass is 10.1. The number of hydrogen-bond donors (Lipinski definition) is 1. The van der Waals surface area contributed by atoms with E-state index in [9.17, 15) is 4.79 Å². The summed E-state index contributed by atoms with van der Waals surface area (Å²) in [5, 5.41) is 3.70. The number of nitrogens with one attached hydrogen (secondary N) is 1. The Hall–Kier alpha value is -2.19. The fraction of sp³-hybridized carbons (Fsp3) is 0.579. The number of fused-ring (bicyclic) bond motifs is 1. The van der Waals surface area contributed by atoms with E-state index in [0.717, 1.165) is 13.0 Å². The van der Waals surface area contributed by atoms with Gasteiger partial charge in [-0.05, 0) is 34.2 Å². The average molecular weight is 407 g/mol. The molecule has 152 valence electrons. The molecule has 0 saturated carbocycles. The molecule has 9 heteroatoms. The van der Waals surface area contributed by atoms with Crippen LogP contribution in [-0.4, -0.2) is 75.7 Å². The van der Waals surface area contributed by atoms with Crippen LogP contribution in [0.4, 0.5) is 10.6 Å². The Balaban J connectivity index is 1.60. The number of amides is 1. The molecule has 1 amide bonds. The third-order valence-electron chi connectivity index (χ3n) is 4.62. The number of likely N-dealkylation sites (N-methyl/N-ethyl adjacent to an activating group) is 1. The second-order valence-electron chi connectivity index (χ2n) is 7.99. The van der Waals surface area contributed by atoms with Crippen LogP contribution in [0.25, 0.3) is 11.0 Å². The molecule has 0 spiro atoms. The monoisotopic (exact) mass is 406 g/mol. The number of piperazine rings is 1. The van der Waals surface area contributed by atoms with Gasteiger partial charge < -0.3 is 15.0 Å². The van der Waals surface area contributed by atoms with Crippen LogP contribution in [-0.2, 0) is 4.74 Å². The van der Waals surface area contributed by atoms with Crippen molar-refractivity contribution in [2.24, 2.45) is 0 Å². The Morgan fingerprint density at radius 1 is 1.32 bits per heavy atom. The van der Waals surface area contributed by atoms with E-state index in [0.29, 0.717) is 41.6 Å². The highest BCUT2D eigenvalue weighted by Gasteiger charge is 2.30. The topological polar surface area (TPSA) is 83.5 Å². The number of rotatable bonds is 4. The molecule has 2 aromatic heterocycles. The van der Waals surface area contributed by atoms with Gasteiger partial charge in [-0.15, -0.1) is 0 Å². The lowest BCUT2D eigenvalue weighted by Crippen LogP contribution is -2.54. The third-order valence-corrected chi connectivity index (χ3v) is 4.82. The van der Waals surface area contributed by atoms with Crippen molar-refractivity contribution in [2.75, 3.05) is 38.5 Å². The largest absolute Gasteiger partial charge is 0.444 e. The number of carbonyl (C=O) groups excluding carboxylic acids is 1. The highest BCUT2D eigenvalue weighted by Crippen LogP contribution is 2.21. The molecule has 3 heterocycles. The standard InChI is InChI=1S/C19H27ClN6O2/c1-19(2,3)28-18(27)26-10-9-25(4)13(12-26)5-6-23-17-16-14(11-15(20)24-17)21-7-8-22-16/h7-8,11,13H,5-6,9-10,12H2,1-4H3,(H,23,24)/t13-/m1/s1. The van der Waals surface area contributed by atoms with Crippen molar-refractivity contribution in [3.8, 4) is 0 Å². The Kier molecular flexibility index (Phi) is 6.20. The van der Waals surface area contributed by atoms with Gasteiger partial charge in [0.1, 0.15) is 16.3 Å². The van der Waals surface area contributed by atoms with Crippen LogP contribution >= 0.6 is 11.6 Å². The van der Waals surface area contributed by atoms with Gasteiger partial charge in [0.05, 0.1) is 5.52 Å². The normalized spacial score (nSPS) is 18.3. The first-order valence-electron chi connectivity index (χ1n) is 9.42. The van der Waals surface area contributed by atoms with E-state index in [-0.39, 0.29) is 12.1 Å². The minimum atomic E-state index is -0.488. The van der Waals surface area contributed by atoms with E-state index in [1.807, 2.05) is 20.8 Å². The van der Waals surface area contributed by atoms with Crippen LogP contribution in [0.2, 0.25) is 5.15 Å². The van der Waals surface area contributed by atoms with Gasteiger partial charge in [-0.3, -0.25) is 9.88 Å². The molecule has 28 heavy (non-hydrogen) atoms. The minimum absolute atomic E-state index is 0.227. The zero-order valence-electron chi connectivity index (χ0n) is 16.8. The predicted octanol–water partition coefficient (Wildman–Crippen LogP) is 3.03. The van der Waals surface area contributed by atoms with E-state index < -0.39 is 5.60 Å². The Morgan fingerprint density at radius 2 is 2.07 bits per heavy atom. The second-order valence-corrected chi connectivity index (χ2v) is 8.38. The lowest BCUT2D eigenvalue weighted by Gasteiger charge is -2.39. The summed E-state index contributed by atoms with van der Waals surface area (Å²) in [6.07, 6.45) is 3.85. The molecule has 1 atom stereocenters. The van der Waals surface area contributed by atoms with E-state index in [1.54, 1.807) is 23.4 Å². The summed E-state index contributed by atoms with van der Waals surface area (Å²) >= 11 is 6.10. The molecule has 1 fully saturated rings. The van der Waals surface area contributed by atoms with Gasteiger partial charge in [-0.25, -0.2) is 14.8 Å². The SMILES string of the molecule is CN1CCN(C(=O)OC(C)(C)C)C[C@H]1CCNc1nc(Cl)cc2nccnc12. The summed E-state index contributed by atoms with van der Waals surface area (Å²) in [5.74, 6) is 0.623. The minimum Gasteiger partial charge on any atom is -0.444 e. The van der Waals surface area contributed by atoms with Gasteiger partial charge in [-0.2, -0.15) is 0 Å². The molecular formula is C19H27ClN6O2. The summed E-state index contributed by atoms with van der Waals surface area (Å²) in [4.78, 5) is 29.4. The van der Waals surface area contributed by atoms with Crippen LogP contribution in [0.5, 0.6) is 0 Å². The molecule has 0 unspecified atom stereocenters. The summed E-state index contributed by atoms with van der Waals surface area (Å²) in [7, 11) is 2.08. The molecule has 1 N–H and O–H groups in total. The first kappa shape index (κ1) is 20.5. The molecule has 0 aromatic carbocycles. The van der Waals surface area contributed by atoms with Gasteiger partial charge >= 0.3 is 6.09 Å². The van der Waals surface area contributed by atoms with E-state index >= 15 is 0 Å². The molecular weight excluding hydrogens is 380 g/mol. The van der Waals surface area contributed by atoms with E-state index in [4.69, 9.17) is 16.3 Å². The molecule has 3 rings (SSSR count). The summed E-state index contributed by atoms with van der Waals surface area (Å²) in [6, 6.07) is 1.92. The van der Waals surface area contributed by atoms with Gasteiger partial charge in [0.25, 0.3) is 0 Å². The maximum absolute atomic E-state index is 12.4. The molecule has 1 aliphatic rings. The molecule has 1 saturated heterocycles. The van der Waals surface area contributed by atoms with Crippen LogP contribution in [0, 0.1) is 0 Å². The van der Waals surface area contributed by atoms with Crippen molar-refractivity contribution in [3.63, 3.8) is 0 Å². The van der Waals surface area contributed by atoms with Crippen molar-refractivity contribution in [1.82, 2.24) is 24.8 Å². The van der Waals surface area contributed by atoms with Crippen molar-refractivity contribution in [1.29, 1.82) is 0 Å². The number of ether oxygens (including phenoxy) is 1. The number of anilines is 1. The molecule has 0 radical (unpaired) electrons. The van der Waals surface area contributed by atoms with Gasteiger partial charge in [0.2, 0.25) is 0 Å². The van der Waals surface area contributed by atoms with Crippen LogP contribution in [0.1, 0.15) is 27.2 Å². The van der Waals surface area contributed by atoms with E-state index in [2.05, 4.69) is 32.2 Å². The highest BCUT2D eigenvalue weighted by molar-refractivity contribution is 6.30. The second kappa shape index (κ2) is 8.45. The smallest absolute Gasteiger partial charge is 0.410 e. The van der Waals surface area contributed by atoms with E-state index in [1.165, 1.54) is 0 Å². The van der Waals surface area contributed by atoms with Gasteiger partial charge in [0, 0.05) is 50.7 Å². The van der Waals surface area contributed by atoms with Gasteiger partial charge in [-0.1, -0.05) is 11.6 Å². The zero-order valence-corrected chi connectivity index (χ0v) is 17.5. The number of aromatic nitrogens is 3. The average Bonchev–Trinajstić information content (AvgIpc) is 2.61. The quantitative estimate of drug-likeness (QED) is 0.781. The molecule has 2 aromatic rings. The number of pyridine rings is 1. The highest BCUT2D eigenvalue weighted by atomic mass is 35.5. The van der Waals surface area contributed by atoms with Crippen molar-refractivity contribution in [2.45, 2.75) is 38.8 Å². The fourth-order valence-corrected chi connectivity index (χ4v) is 3.36. The fourth-order valence-electron chi connectivity index (χ4n) is 3.17. The summed E-state index contributed by atoms with van der Waals surface area (Å²) < 4.78 is 5.51.